The van der Waals surface area contributed by atoms with E-state index in [-0.39, 0.29) is 11.6 Å². The Morgan fingerprint density at radius 2 is 2.00 bits per heavy atom. The van der Waals surface area contributed by atoms with Crippen molar-refractivity contribution in [3.05, 3.63) is 0 Å². The average molecular weight is 301 g/mol. The molecule has 0 aromatic rings. The summed E-state index contributed by atoms with van der Waals surface area (Å²) in [4.78, 5) is 29.0. The second-order valence-corrected chi connectivity index (χ2v) is 6.93. The van der Waals surface area contributed by atoms with E-state index >= 15 is 0 Å². The van der Waals surface area contributed by atoms with Gasteiger partial charge in [0.05, 0.1) is 5.88 Å². The fraction of sp³-hybridized carbons (Fsp3) is 0.846. The molecule has 20 heavy (non-hydrogen) atoms. The summed E-state index contributed by atoms with van der Waals surface area (Å²) in [5.41, 5.74) is 0.0655. The van der Waals surface area contributed by atoms with Crippen LogP contribution in [0.15, 0.2) is 0 Å². The Kier molecular flexibility index (Phi) is 4.49. The number of likely N-dealkylation sites (N-methyl/N-ethyl adjacent to an activating group) is 2. The lowest BCUT2D eigenvalue weighted by Gasteiger charge is -2.49. The molecule has 1 heterocycles. The minimum absolute atomic E-state index is 0.0655. The van der Waals surface area contributed by atoms with Gasteiger partial charge >= 0.3 is 12.0 Å². The summed E-state index contributed by atoms with van der Waals surface area (Å²) in [6.07, 6.45) is 3.38. The number of carboxylic acid groups (broad SMARTS) is 1. The molecule has 1 aliphatic heterocycles. The van der Waals surface area contributed by atoms with Gasteiger partial charge in [0.1, 0.15) is 6.04 Å². The number of thioether (sulfide) groups is 1. The van der Waals surface area contributed by atoms with Crippen LogP contribution in [-0.4, -0.2) is 82.7 Å². The fourth-order valence-electron chi connectivity index (χ4n) is 2.90. The summed E-state index contributed by atoms with van der Waals surface area (Å²) >= 11 is 1.50. The first-order valence-corrected chi connectivity index (χ1v) is 8.02. The van der Waals surface area contributed by atoms with Crippen LogP contribution < -0.4 is 0 Å². The minimum Gasteiger partial charge on any atom is -0.480 e. The predicted octanol–water partition coefficient (Wildman–Crippen LogP) is 0.982. The highest BCUT2D eigenvalue weighted by atomic mass is 32.2. The maximum Gasteiger partial charge on any atom is 0.327 e. The molecule has 2 aliphatic rings. The molecule has 114 valence electrons. The summed E-state index contributed by atoms with van der Waals surface area (Å²) in [7, 11) is 5.86. The molecule has 0 aromatic carbocycles. The number of rotatable bonds is 4. The van der Waals surface area contributed by atoms with Crippen LogP contribution in [0.2, 0.25) is 0 Å². The number of carboxylic acids is 1. The van der Waals surface area contributed by atoms with Crippen molar-refractivity contribution in [2.75, 3.05) is 39.3 Å². The third kappa shape index (κ3) is 2.74. The molecule has 2 rings (SSSR count). The van der Waals surface area contributed by atoms with Gasteiger partial charge in [0.15, 0.2) is 0 Å². The van der Waals surface area contributed by atoms with Gasteiger partial charge in [-0.25, -0.2) is 9.59 Å². The summed E-state index contributed by atoms with van der Waals surface area (Å²) in [6, 6.07) is -0.859. The number of amides is 2. The van der Waals surface area contributed by atoms with Gasteiger partial charge in [-0.3, -0.25) is 0 Å². The van der Waals surface area contributed by atoms with Crippen molar-refractivity contribution >= 4 is 23.8 Å². The zero-order valence-electron chi connectivity index (χ0n) is 12.3. The van der Waals surface area contributed by atoms with E-state index in [9.17, 15) is 9.59 Å². The number of nitrogens with zero attached hydrogens (tertiary/aromatic N) is 3. The third-order valence-corrected chi connectivity index (χ3v) is 5.52. The Morgan fingerprint density at radius 3 is 2.45 bits per heavy atom. The van der Waals surface area contributed by atoms with E-state index in [0.29, 0.717) is 18.2 Å². The van der Waals surface area contributed by atoms with Crippen molar-refractivity contribution in [3.8, 4) is 0 Å². The molecule has 2 fully saturated rings. The molecule has 0 aromatic heterocycles. The van der Waals surface area contributed by atoms with Gasteiger partial charge in [0.25, 0.3) is 0 Å². The van der Waals surface area contributed by atoms with E-state index in [1.165, 1.54) is 23.1 Å². The second-order valence-electron chi connectivity index (χ2n) is 5.93. The van der Waals surface area contributed by atoms with Crippen LogP contribution in [0.3, 0.4) is 0 Å². The maximum absolute atomic E-state index is 12.5. The van der Waals surface area contributed by atoms with Gasteiger partial charge in [-0.1, -0.05) is 0 Å². The lowest BCUT2D eigenvalue weighted by molar-refractivity contribution is -0.140. The number of hydrogen-bond donors (Lipinski definition) is 1. The fourth-order valence-corrected chi connectivity index (χ4v) is 4.03. The van der Waals surface area contributed by atoms with Crippen LogP contribution >= 0.6 is 11.8 Å². The highest BCUT2D eigenvalue weighted by Gasteiger charge is 2.43. The topological polar surface area (TPSA) is 64.1 Å². The van der Waals surface area contributed by atoms with Crippen molar-refractivity contribution in [1.29, 1.82) is 0 Å². The number of hydrogen-bond acceptors (Lipinski definition) is 4. The molecule has 2 amide bonds. The molecule has 1 N–H and O–H groups in total. The summed E-state index contributed by atoms with van der Waals surface area (Å²) in [5, 5.41) is 9.16. The molecule has 0 radical (unpaired) electrons. The van der Waals surface area contributed by atoms with E-state index in [1.54, 1.807) is 11.9 Å². The molecule has 1 saturated carbocycles. The molecular formula is C13H23N3O3S. The first-order valence-electron chi connectivity index (χ1n) is 6.87. The average Bonchev–Trinajstić information content (AvgIpc) is 2.81. The second kappa shape index (κ2) is 5.81. The summed E-state index contributed by atoms with van der Waals surface area (Å²) < 4.78 is 0. The van der Waals surface area contributed by atoms with Gasteiger partial charge in [-0.2, -0.15) is 0 Å². The Morgan fingerprint density at radius 1 is 1.35 bits per heavy atom. The van der Waals surface area contributed by atoms with Crippen LogP contribution in [0.4, 0.5) is 4.79 Å². The normalized spacial score (nSPS) is 24.6. The summed E-state index contributed by atoms with van der Waals surface area (Å²) in [5.74, 6) is 0.0331. The van der Waals surface area contributed by atoms with Gasteiger partial charge < -0.3 is 19.8 Å². The van der Waals surface area contributed by atoms with Gasteiger partial charge in [-0.05, 0) is 33.4 Å². The first kappa shape index (κ1) is 15.4. The Bertz CT molecular complexity index is 398. The number of carbonyl (C=O) groups excluding carboxylic acids is 1. The molecule has 1 atom stereocenters. The van der Waals surface area contributed by atoms with Crippen LogP contribution in [0.1, 0.15) is 19.3 Å². The van der Waals surface area contributed by atoms with Crippen molar-refractivity contribution in [3.63, 3.8) is 0 Å². The van der Waals surface area contributed by atoms with E-state index in [0.717, 1.165) is 12.8 Å². The van der Waals surface area contributed by atoms with Gasteiger partial charge in [-0.15, -0.1) is 11.8 Å². The SMILES string of the molecule is CN(CC1(N(C)C)CCC1)C(=O)N1CSCC1C(=O)O. The predicted molar refractivity (Wildman–Crippen MR) is 78.9 cm³/mol. The van der Waals surface area contributed by atoms with Crippen LogP contribution in [0, 0.1) is 0 Å². The van der Waals surface area contributed by atoms with E-state index in [1.807, 2.05) is 14.1 Å². The zero-order chi connectivity index (χ0) is 14.9. The quantitative estimate of drug-likeness (QED) is 0.838. The molecule has 0 bridgehead atoms. The molecule has 7 heteroatoms. The van der Waals surface area contributed by atoms with Crippen LogP contribution in [-0.2, 0) is 4.79 Å². The maximum atomic E-state index is 12.5. The van der Waals surface area contributed by atoms with Crippen molar-refractivity contribution < 1.29 is 14.7 Å². The molecule has 1 unspecified atom stereocenters. The van der Waals surface area contributed by atoms with E-state index < -0.39 is 12.0 Å². The molecular weight excluding hydrogens is 278 g/mol. The first-order chi connectivity index (χ1) is 9.37. The van der Waals surface area contributed by atoms with E-state index in [4.69, 9.17) is 5.11 Å². The van der Waals surface area contributed by atoms with Crippen molar-refractivity contribution in [2.45, 2.75) is 30.8 Å². The van der Waals surface area contributed by atoms with Crippen LogP contribution in [0.25, 0.3) is 0 Å². The smallest absolute Gasteiger partial charge is 0.327 e. The number of aliphatic carboxylic acids is 1. The molecule has 0 spiro atoms. The Balaban J connectivity index is 2.00. The largest absolute Gasteiger partial charge is 0.480 e. The van der Waals surface area contributed by atoms with Gasteiger partial charge in [0.2, 0.25) is 0 Å². The minimum atomic E-state index is -0.914. The standard InChI is InChI=1S/C13H23N3O3S/c1-14(2)13(5-4-6-13)8-15(3)12(19)16-9-20-7-10(16)11(17)18/h10H,4-9H2,1-3H3,(H,17,18). The van der Waals surface area contributed by atoms with Crippen LogP contribution in [0.5, 0.6) is 0 Å². The highest BCUT2D eigenvalue weighted by Crippen LogP contribution is 2.37. The highest BCUT2D eigenvalue weighted by molar-refractivity contribution is 7.99. The molecule has 6 nitrogen and oxygen atoms in total. The van der Waals surface area contributed by atoms with E-state index in [2.05, 4.69) is 4.90 Å². The van der Waals surface area contributed by atoms with Crippen molar-refractivity contribution in [2.24, 2.45) is 0 Å². The Hall–Kier alpha value is -0.950. The number of urea groups is 1. The monoisotopic (exact) mass is 301 g/mol. The lowest BCUT2D eigenvalue weighted by Crippen LogP contribution is -2.59. The Labute approximate surface area is 124 Å². The lowest BCUT2D eigenvalue weighted by atomic mass is 9.75. The van der Waals surface area contributed by atoms with Crippen molar-refractivity contribution in [1.82, 2.24) is 14.7 Å². The zero-order valence-corrected chi connectivity index (χ0v) is 13.2. The molecule has 1 aliphatic carbocycles. The third-order valence-electron chi connectivity index (χ3n) is 4.50. The molecule has 1 saturated heterocycles. The van der Waals surface area contributed by atoms with Gasteiger partial charge in [0, 0.05) is 24.9 Å². The number of carbonyl (C=O) groups is 2. The summed E-state index contributed by atoms with van der Waals surface area (Å²) in [6.45, 7) is 0.659.